The Morgan fingerprint density at radius 3 is 2.70 bits per heavy atom. The molecule has 1 unspecified atom stereocenters. The zero-order chi connectivity index (χ0) is 14.5. The summed E-state index contributed by atoms with van der Waals surface area (Å²) < 4.78 is 16.5. The minimum absolute atomic E-state index is 0.0274. The summed E-state index contributed by atoms with van der Waals surface area (Å²) in [5.74, 6) is 1.40. The van der Waals surface area contributed by atoms with Gasteiger partial charge in [-0.2, -0.15) is 0 Å². The highest BCUT2D eigenvalue weighted by molar-refractivity contribution is 6.30. The molecule has 1 saturated carbocycles. The number of ether oxygens (including phenoxy) is 3. The summed E-state index contributed by atoms with van der Waals surface area (Å²) in [4.78, 5) is 0. The summed E-state index contributed by atoms with van der Waals surface area (Å²) in [5, 5.41) is 4.12. The van der Waals surface area contributed by atoms with E-state index in [1.54, 1.807) is 20.3 Å². The number of nitrogens with one attached hydrogen (secondary N) is 1. The number of rotatable bonds is 8. The molecule has 1 atom stereocenters. The number of hydrogen-bond acceptors (Lipinski definition) is 4. The lowest BCUT2D eigenvalue weighted by atomic mass is 10.1. The van der Waals surface area contributed by atoms with Crippen LogP contribution in [0.25, 0.3) is 0 Å². The van der Waals surface area contributed by atoms with E-state index in [1.807, 2.05) is 13.0 Å². The van der Waals surface area contributed by atoms with Crippen LogP contribution >= 0.6 is 11.6 Å². The van der Waals surface area contributed by atoms with E-state index in [4.69, 9.17) is 25.8 Å². The number of methoxy groups -OCH3 is 2. The molecule has 0 bridgehead atoms. The van der Waals surface area contributed by atoms with Gasteiger partial charge in [0.2, 0.25) is 0 Å². The highest BCUT2D eigenvalue weighted by Gasteiger charge is 2.22. The summed E-state index contributed by atoms with van der Waals surface area (Å²) in [6.45, 7) is 3.17. The van der Waals surface area contributed by atoms with Crippen LogP contribution in [-0.2, 0) is 11.3 Å². The summed E-state index contributed by atoms with van der Waals surface area (Å²) in [5.41, 5.74) is 1.02. The molecular weight excluding hydrogens is 278 g/mol. The monoisotopic (exact) mass is 299 g/mol. The van der Waals surface area contributed by atoms with Crippen molar-refractivity contribution in [2.75, 3.05) is 20.8 Å². The maximum Gasteiger partial charge on any atom is 0.165 e. The van der Waals surface area contributed by atoms with Gasteiger partial charge in [0, 0.05) is 36.3 Å². The molecule has 0 saturated heterocycles. The van der Waals surface area contributed by atoms with E-state index in [9.17, 15) is 0 Å². The van der Waals surface area contributed by atoms with Crippen LogP contribution < -0.4 is 14.8 Å². The number of halogens is 1. The normalized spacial score (nSPS) is 16.0. The van der Waals surface area contributed by atoms with E-state index in [1.165, 1.54) is 12.8 Å². The fourth-order valence-electron chi connectivity index (χ4n) is 1.88. The first kappa shape index (κ1) is 15.4. The van der Waals surface area contributed by atoms with Crippen molar-refractivity contribution in [3.05, 3.63) is 22.7 Å². The zero-order valence-corrected chi connectivity index (χ0v) is 13.0. The molecule has 1 aromatic carbocycles. The van der Waals surface area contributed by atoms with E-state index >= 15 is 0 Å². The highest BCUT2D eigenvalue weighted by atomic mass is 35.5. The molecule has 5 heteroatoms. The molecule has 1 aromatic rings. The smallest absolute Gasteiger partial charge is 0.165 e. The van der Waals surface area contributed by atoms with Gasteiger partial charge < -0.3 is 19.5 Å². The Bertz CT molecular complexity index is 449. The third-order valence-electron chi connectivity index (χ3n) is 3.34. The second-order valence-electron chi connectivity index (χ2n) is 5.11. The van der Waals surface area contributed by atoms with Crippen molar-refractivity contribution in [2.24, 2.45) is 0 Å². The molecule has 1 N–H and O–H groups in total. The molecular formula is C15H22ClNO3. The molecule has 0 radical (unpaired) electrons. The Hall–Kier alpha value is -0.970. The first-order valence-electron chi connectivity index (χ1n) is 6.89. The Morgan fingerprint density at radius 1 is 1.35 bits per heavy atom. The highest BCUT2D eigenvalue weighted by Crippen LogP contribution is 2.35. The van der Waals surface area contributed by atoms with Gasteiger partial charge in [-0.1, -0.05) is 11.6 Å². The van der Waals surface area contributed by atoms with Crippen LogP contribution in [0.2, 0.25) is 5.02 Å². The largest absolute Gasteiger partial charge is 0.493 e. The van der Waals surface area contributed by atoms with Crippen LogP contribution in [0.1, 0.15) is 25.3 Å². The average Bonchev–Trinajstić information content (AvgIpc) is 3.26. The molecule has 112 valence electrons. The van der Waals surface area contributed by atoms with Crippen LogP contribution in [0.4, 0.5) is 0 Å². The van der Waals surface area contributed by atoms with Gasteiger partial charge in [0.05, 0.1) is 13.2 Å². The lowest BCUT2D eigenvalue weighted by Gasteiger charge is -2.18. The first-order valence-corrected chi connectivity index (χ1v) is 7.27. The van der Waals surface area contributed by atoms with Gasteiger partial charge in [-0.15, -0.1) is 0 Å². The van der Waals surface area contributed by atoms with Crippen molar-refractivity contribution < 1.29 is 14.2 Å². The second kappa shape index (κ2) is 7.16. The zero-order valence-electron chi connectivity index (χ0n) is 12.2. The first-order chi connectivity index (χ1) is 9.63. The maximum atomic E-state index is 6.13. The van der Waals surface area contributed by atoms with Crippen molar-refractivity contribution in [2.45, 2.75) is 38.5 Å². The lowest BCUT2D eigenvalue weighted by Crippen LogP contribution is -2.19. The van der Waals surface area contributed by atoms with Crippen LogP contribution in [0.15, 0.2) is 12.1 Å². The van der Waals surface area contributed by atoms with Crippen molar-refractivity contribution in [3.8, 4) is 11.5 Å². The minimum atomic E-state index is 0.0274. The van der Waals surface area contributed by atoms with E-state index in [0.29, 0.717) is 23.4 Å². The van der Waals surface area contributed by atoms with Gasteiger partial charge in [-0.05, 0) is 25.8 Å². The third kappa shape index (κ3) is 4.27. The quantitative estimate of drug-likeness (QED) is 0.801. The van der Waals surface area contributed by atoms with Gasteiger partial charge in [0.25, 0.3) is 0 Å². The maximum absolute atomic E-state index is 6.13. The third-order valence-corrected chi connectivity index (χ3v) is 3.56. The second-order valence-corrected chi connectivity index (χ2v) is 5.55. The van der Waals surface area contributed by atoms with E-state index in [-0.39, 0.29) is 6.10 Å². The lowest BCUT2D eigenvalue weighted by molar-refractivity contribution is 0.0702. The van der Waals surface area contributed by atoms with E-state index < -0.39 is 0 Å². The van der Waals surface area contributed by atoms with Crippen molar-refractivity contribution in [1.29, 1.82) is 0 Å². The topological polar surface area (TPSA) is 39.7 Å². The van der Waals surface area contributed by atoms with Crippen molar-refractivity contribution in [1.82, 2.24) is 5.32 Å². The SMILES string of the molecule is COc1cc(Cl)cc(CNC2CC2)c1OCC(C)OC. The van der Waals surface area contributed by atoms with Gasteiger partial charge in [-0.25, -0.2) is 0 Å². The molecule has 2 rings (SSSR count). The Kier molecular flexibility index (Phi) is 5.52. The minimum Gasteiger partial charge on any atom is -0.493 e. The van der Waals surface area contributed by atoms with Gasteiger partial charge >= 0.3 is 0 Å². The molecule has 0 spiro atoms. The Labute approximate surface area is 125 Å². The molecule has 1 aliphatic rings. The Morgan fingerprint density at radius 2 is 2.10 bits per heavy atom. The summed E-state index contributed by atoms with van der Waals surface area (Å²) in [6.07, 6.45) is 2.52. The number of benzene rings is 1. The van der Waals surface area contributed by atoms with Crippen LogP contribution in [-0.4, -0.2) is 33.0 Å². The molecule has 1 fully saturated rings. The summed E-state index contributed by atoms with van der Waals surface area (Å²) >= 11 is 6.13. The van der Waals surface area contributed by atoms with Crippen LogP contribution in [0.3, 0.4) is 0 Å². The van der Waals surface area contributed by atoms with Crippen molar-refractivity contribution in [3.63, 3.8) is 0 Å². The molecule has 0 heterocycles. The van der Waals surface area contributed by atoms with Gasteiger partial charge in [-0.3, -0.25) is 0 Å². The molecule has 1 aliphatic carbocycles. The summed E-state index contributed by atoms with van der Waals surface area (Å²) in [6, 6.07) is 4.33. The van der Waals surface area contributed by atoms with Crippen LogP contribution in [0.5, 0.6) is 11.5 Å². The molecule has 0 aliphatic heterocycles. The predicted octanol–water partition coefficient (Wildman–Crippen LogP) is 3.01. The fraction of sp³-hybridized carbons (Fsp3) is 0.600. The Balaban J connectivity index is 2.14. The van der Waals surface area contributed by atoms with E-state index in [0.717, 1.165) is 17.9 Å². The van der Waals surface area contributed by atoms with Crippen LogP contribution in [0, 0.1) is 0 Å². The molecule has 0 aromatic heterocycles. The standard InChI is InChI=1S/C15H22ClNO3/c1-10(18-2)9-20-15-11(8-17-13-4-5-13)6-12(16)7-14(15)19-3/h6-7,10,13,17H,4-5,8-9H2,1-3H3. The average molecular weight is 300 g/mol. The fourth-order valence-corrected chi connectivity index (χ4v) is 2.11. The van der Waals surface area contributed by atoms with Gasteiger partial charge in [0.15, 0.2) is 11.5 Å². The number of hydrogen-bond donors (Lipinski definition) is 1. The molecule has 0 amide bonds. The summed E-state index contributed by atoms with van der Waals surface area (Å²) in [7, 11) is 3.29. The predicted molar refractivity (Wildman–Crippen MR) is 79.8 cm³/mol. The molecule has 4 nitrogen and oxygen atoms in total. The molecule has 20 heavy (non-hydrogen) atoms. The van der Waals surface area contributed by atoms with E-state index in [2.05, 4.69) is 5.32 Å². The van der Waals surface area contributed by atoms with Gasteiger partial charge in [0.1, 0.15) is 6.61 Å². The van der Waals surface area contributed by atoms with Crippen molar-refractivity contribution >= 4 is 11.6 Å².